The SMILES string of the molecule is Cc1nc([N+](=O)[O-])cn1CC(=O)O. The smallest absolute Gasteiger partial charge is 0.381 e. The molecule has 0 aliphatic rings. The van der Waals surface area contributed by atoms with Crippen molar-refractivity contribution < 1.29 is 14.8 Å². The Morgan fingerprint density at radius 2 is 2.46 bits per heavy atom. The van der Waals surface area contributed by atoms with Gasteiger partial charge in [0.25, 0.3) is 0 Å². The molecule has 1 rings (SSSR count). The van der Waals surface area contributed by atoms with E-state index in [1.54, 1.807) is 0 Å². The van der Waals surface area contributed by atoms with E-state index in [0.29, 0.717) is 5.82 Å². The maximum absolute atomic E-state index is 10.3. The van der Waals surface area contributed by atoms with Gasteiger partial charge < -0.3 is 15.2 Å². The highest BCUT2D eigenvalue weighted by atomic mass is 16.6. The highest BCUT2D eigenvalue weighted by molar-refractivity contribution is 5.66. The summed E-state index contributed by atoms with van der Waals surface area (Å²) in [6.45, 7) is 1.20. The number of nitrogens with zero attached hydrogens (tertiary/aromatic N) is 3. The Balaban J connectivity index is 2.96. The Labute approximate surface area is 72.8 Å². The second-order valence-corrected chi connectivity index (χ2v) is 2.43. The predicted molar refractivity (Wildman–Crippen MR) is 41.3 cm³/mol. The molecule has 0 spiro atoms. The molecule has 0 atom stereocenters. The number of carboxylic acid groups (broad SMARTS) is 1. The van der Waals surface area contributed by atoms with Crippen LogP contribution in [0.4, 0.5) is 5.82 Å². The van der Waals surface area contributed by atoms with Gasteiger partial charge >= 0.3 is 11.8 Å². The van der Waals surface area contributed by atoms with E-state index in [-0.39, 0.29) is 12.4 Å². The molecular weight excluding hydrogens is 178 g/mol. The van der Waals surface area contributed by atoms with E-state index >= 15 is 0 Å². The molecule has 1 N–H and O–H groups in total. The fraction of sp³-hybridized carbons (Fsp3) is 0.333. The van der Waals surface area contributed by atoms with E-state index in [0.717, 1.165) is 6.20 Å². The van der Waals surface area contributed by atoms with Crippen LogP contribution in [-0.4, -0.2) is 25.6 Å². The minimum Gasteiger partial charge on any atom is -0.480 e. The number of carboxylic acids is 1. The number of rotatable bonds is 3. The molecule has 13 heavy (non-hydrogen) atoms. The van der Waals surface area contributed by atoms with Crippen molar-refractivity contribution >= 4 is 11.8 Å². The zero-order valence-corrected chi connectivity index (χ0v) is 6.80. The average Bonchev–Trinajstić information content (AvgIpc) is 2.31. The molecule has 7 nitrogen and oxygen atoms in total. The second kappa shape index (κ2) is 3.21. The van der Waals surface area contributed by atoms with Crippen LogP contribution < -0.4 is 0 Å². The fourth-order valence-electron chi connectivity index (χ4n) is 0.885. The van der Waals surface area contributed by atoms with Crippen LogP contribution >= 0.6 is 0 Å². The number of nitro groups is 1. The Kier molecular flexibility index (Phi) is 2.27. The minimum atomic E-state index is -1.06. The van der Waals surface area contributed by atoms with Gasteiger partial charge in [-0.1, -0.05) is 0 Å². The molecule has 0 fully saturated rings. The maximum Gasteiger partial charge on any atom is 0.381 e. The van der Waals surface area contributed by atoms with Crippen LogP contribution in [0, 0.1) is 17.0 Å². The summed E-state index contributed by atoms with van der Waals surface area (Å²) < 4.78 is 1.21. The van der Waals surface area contributed by atoms with Crippen LogP contribution in [0.2, 0.25) is 0 Å². The van der Waals surface area contributed by atoms with Crippen molar-refractivity contribution in [1.82, 2.24) is 9.55 Å². The van der Waals surface area contributed by atoms with E-state index in [9.17, 15) is 14.9 Å². The summed E-state index contributed by atoms with van der Waals surface area (Å²) in [6.07, 6.45) is 1.10. The van der Waals surface area contributed by atoms with Crippen molar-refractivity contribution in [2.75, 3.05) is 0 Å². The van der Waals surface area contributed by atoms with Crippen LogP contribution in [0.5, 0.6) is 0 Å². The summed E-state index contributed by atoms with van der Waals surface area (Å²) in [5.74, 6) is -1.08. The number of hydrogen-bond donors (Lipinski definition) is 1. The number of imidazole rings is 1. The van der Waals surface area contributed by atoms with Gasteiger partial charge in [0.1, 0.15) is 12.7 Å². The molecule has 1 aromatic rings. The number of aromatic nitrogens is 2. The van der Waals surface area contributed by atoms with E-state index in [1.807, 2.05) is 0 Å². The fourth-order valence-corrected chi connectivity index (χ4v) is 0.885. The Morgan fingerprint density at radius 1 is 1.85 bits per heavy atom. The Hall–Kier alpha value is -1.92. The summed E-state index contributed by atoms with van der Waals surface area (Å²) in [5, 5.41) is 18.7. The molecule has 0 amide bonds. The molecule has 1 aromatic heterocycles. The third-order valence-electron chi connectivity index (χ3n) is 1.46. The zero-order valence-electron chi connectivity index (χ0n) is 6.80. The van der Waals surface area contributed by atoms with Crippen LogP contribution in [0.3, 0.4) is 0 Å². The first kappa shape index (κ1) is 9.17. The lowest BCUT2D eigenvalue weighted by atomic mass is 10.6. The molecule has 0 radical (unpaired) electrons. The third kappa shape index (κ3) is 2.01. The second-order valence-electron chi connectivity index (χ2n) is 2.43. The number of hydrogen-bond acceptors (Lipinski definition) is 4. The molecule has 0 unspecified atom stereocenters. The molecule has 0 aliphatic heterocycles. The minimum absolute atomic E-state index is 0.313. The number of carbonyl (C=O) groups is 1. The molecule has 7 heteroatoms. The van der Waals surface area contributed by atoms with Crippen molar-refractivity contribution in [2.24, 2.45) is 0 Å². The lowest BCUT2D eigenvalue weighted by Crippen LogP contribution is -2.08. The van der Waals surface area contributed by atoms with E-state index in [4.69, 9.17) is 5.11 Å². The molecule has 0 aliphatic carbocycles. The number of aliphatic carboxylic acids is 1. The summed E-state index contributed by atoms with van der Waals surface area (Å²) in [4.78, 5) is 23.4. The first-order valence-corrected chi connectivity index (χ1v) is 3.40. The monoisotopic (exact) mass is 185 g/mol. The van der Waals surface area contributed by atoms with E-state index < -0.39 is 10.9 Å². The molecule has 0 aromatic carbocycles. The van der Waals surface area contributed by atoms with E-state index in [2.05, 4.69) is 4.98 Å². The maximum atomic E-state index is 10.3. The lowest BCUT2D eigenvalue weighted by molar-refractivity contribution is -0.389. The van der Waals surface area contributed by atoms with Crippen molar-refractivity contribution in [3.63, 3.8) is 0 Å². The van der Waals surface area contributed by atoms with Crippen molar-refractivity contribution in [1.29, 1.82) is 0 Å². The summed E-state index contributed by atoms with van der Waals surface area (Å²) in [7, 11) is 0. The van der Waals surface area contributed by atoms with Gasteiger partial charge in [-0.15, -0.1) is 0 Å². The highest BCUT2D eigenvalue weighted by Crippen LogP contribution is 2.09. The van der Waals surface area contributed by atoms with Gasteiger partial charge in [-0.25, -0.2) is 0 Å². The Morgan fingerprint density at radius 3 is 2.85 bits per heavy atom. The highest BCUT2D eigenvalue weighted by Gasteiger charge is 2.16. The quantitative estimate of drug-likeness (QED) is 0.535. The first-order valence-electron chi connectivity index (χ1n) is 3.40. The average molecular weight is 185 g/mol. The van der Waals surface area contributed by atoms with Gasteiger partial charge in [0.05, 0.1) is 0 Å². The van der Waals surface area contributed by atoms with Crippen LogP contribution in [-0.2, 0) is 11.3 Å². The largest absolute Gasteiger partial charge is 0.480 e. The predicted octanol–water partition coefficient (Wildman–Crippen LogP) is 0.184. The van der Waals surface area contributed by atoms with E-state index in [1.165, 1.54) is 11.5 Å². The molecule has 1 heterocycles. The molecule has 70 valence electrons. The van der Waals surface area contributed by atoms with Gasteiger partial charge in [-0.2, -0.15) is 0 Å². The van der Waals surface area contributed by atoms with Gasteiger partial charge in [-0.05, 0) is 9.91 Å². The van der Waals surface area contributed by atoms with Crippen molar-refractivity contribution in [3.05, 3.63) is 22.1 Å². The van der Waals surface area contributed by atoms with Crippen molar-refractivity contribution in [2.45, 2.75) is 13.5 Å². The molecular formula is C6H7N3O4. The van der Waals surface area contributed by atoms with Crippen LogP contribution in [0.15, 0.2) is 6.20 Å². The van der Waals surface area contributed by atoms with Gasteiger partial charge in [-0.3, -0.25) is 9.36 Å². The van der Waals surface area contributed by atoms with Gasteiger partial charge in [0, 0.05) is 6.92 Å². The standard InChI is InChI=1S/C6H7N3O4/c1-4-7-5(9(12)13)2-8(4)3-6(10)11/h2H,3H2,1H3,(H,10,11). The van der Waals surface area contributed by atoms with Crippen LogP contribution in [0.1, 0.15) is 5.82 Å². The summed E-state index contributed by atoms with van der Waals surface area (Å²) >= 11 is 0. The van der Waals surface area contributed by atoms with Crippen LogP contribution in [0.25, 0.3) is 0 Å². The number of aryl methyl sites for hydroxylation is 1. The summed E-state index contributed by atoms with van der Waals surface area (Å²) in [5.41, 5.74) is 0. The zero-order chi connectivity index (χ0) is 10.0. The first-order chi connectivity index (χ1) is 6.00. The molecule has 0 saturated heterocycles. The third-order valence-corrected chi connectivity index (χ3v) is 1.46. The normalized spacial score (nSPS) is 9.92. The van der Waals surface area contributed by atoms with Crippen molar-refractivity contribution in [3.8, 4) is 0 Å². The Bertz CT molecular complexity index is 357. The molecule has 0 bridgehead atoms. The van der Waals surface area contributed by atoms with Gasteiger partial charge in [0.15, 0.2) is 0 Å². The van der Waals surface area contributed by atoms with Gasteiger partial charge in [0.2, 0.25) is 5.82 Å². The molecule has 0 saturated carbocycles. The summed E-state index contributed by atoms with van der Waals surface area (Å²) in [6, 6.07) is 0. The lowest BCUT2D eigenvalue weighted by Gasteiger charge is -1.94. The topological polar surface area (TPSA) is 98.3 Å².